The fourth-order valence-electron chi connectivity index (χ4n) is 1.89. The third kappa shape index (κ3) is 1.90. The molecule has 2 nitrogen and oxygen atoms in total. The molecule has 0 radical (unpaired) electrons. The summed E-state index contributed by atoms with van der Waals surface area (Å²) in [6, 6.07) is 1.23. The first-order valence-electron chi connectivity index (χ1n) is 5.65. The van der Waals surface area contributed by atoms with E-state index in [-0.39, 0.29) is 0 Å². The van der Waals surface area contributed by atoms with Gasteiger partial charge in [-0.25, -0.2) is 22.0 Å². The smallest absolute Gasteiger partial charge is 0.517 e. The highest BCUT2D eigenvalue weighted by atomic mass is 19.2. The predicted octanol–water partition coefficient (Wildman–Crippen LogP) is 2.83. The Balaban J connectivity index is 2.08. The van der Waals surface area contributed by atoms with Crippen LogP contribution in [0, 0.1) is 40.7 Å². The maximum Gasteiger partial charge on any atom is 0.636 e. The average Bonchev–Trinajstić information content (AvgIpc) is 2.94. The first kappa shape index (κ1) is 14.5. The van der Waals surface area contributed by atoms with Gasteiger partial charge in [0.2, 0.25) is 23.3 Å². The van der Waals surface area contributed by atoms with Crippen LogP contribution in [0.3, 0.4) is 0 Å². The van der Waals surface area contributed by atoms with Crippen LogP contribution >= 0.6 is 0 Å². The zero-order valence-electron chi connectivity index (χ0n) is 10.2. The van der Waals surface area contributed by atoms with Gasteiger partial charge in [0.25, 0.3) is 0 Å². The summed E-state index contributed by atoms with van der Waals surface area (Å²) in [5.74, 6) is -15.4. The van der Waals surface area contributed by atoms with Crippen molar-refractivity contribution < 1.29 is 40.0 Å². The van der Waals surface area contributed by atoms with Crippen LogP contribution in [-0.2, 0) is 0 Å². The molecule has 0 bridgehead atoms. The molecule has 114 valence electrons. The topological polar surface area (TPSA) is 18.5 Å². The van der Waals surface area contributed by atoms with E-state index in [1.54, 1.807) is 0 Å². The summed E-state index contributed by atoms with van der Waals surface area (Å²) >= 11 is 0. The Morgan fingerprint density at radius 2 is 1.09 bits per heavy atom. The Morgan fingerprint density at radius 3 is 1.59 bits per heavy atom. The van der Waals surface area contributed by atoms with Crippen molar-refractivity contribution in [2.24, 2.45) is 0 Å². The highest BCUT2D eigenvalue weighted by molar-refractivity contribution is 6.63. The van der Waals surface area contributed by atoms with E-state index in [1.165, 1.54) is 0 Å². The highest BCUT2D eigenvalue weighted by Gasteiger charge is 2.43. The summed E-state index contributed by atoms with van der Waals surface area (Å²) < 4.78 is 102. The van der Waals surface area contributed by atoms with Gasteiger partial charge in [-0.1, -0.05) is 6.07 Å². The van der Waals surface area contributed by atoms with Gasteiger partial charge in [-0.2, -0.15) is 8.78 Å². The summed E-state index contributed by atoms with van der Waals surface area (Å²) in [4.78, 5) is 0. The minimum Gasteiger partial charge on any atom is -0.517 e. The lowest BCUT2D eigenvalue weighted by atomic mass is 9.79. The Hall–Kier alpha value is -2.39. The van der Waals surface area contributed by atoms with Crippen molar-refractivity contribution in [3.63, 3.8) is 0 Å². The first-order chi connectivity index (χ1) is 10.3. The number of rotatable bonds is 1. The van der Waals surface area contributed by atoms with Gasteiger partial charge in [0.1, 0.15) is 0 Å². The van der Waals surface area contributed by atoms with Crippen LogP contribution in [0.15, 0.2) is 12.1 Å². The third-order valence-corrected chi connectivity index (χ3v) is 2.95. The third-order valence-electron chi connectivity index (χ3n) is 2.95. The summed E-state index contributed by atoms with van der Waals surface area (Å²) in [7, 11) is -1.93. The molecule has 0 amide bonds. The van der Waals surface area contributed by atoms with Crippen molar-refractivity contribution in [2.75, 3.05) is 0 Å². The lowest BCUT2D eigenvalue weighted by Crippen LogP contribution is -2.42. The van der Waals surface area contributed by atoms with E-state index in [0.717, 1.165) is 0 Å². The van der Waals surface area contributed by atoms with Crippen molar-refractivity contribution in [1.82, 2.24) is 0 Å². The van der Waals surface area contributed by atoms with E-state index in [2.05, 4.69) is 9.31 Å². The molecule has 2 aromatic rings. The van der Waals surface area contributed by atoms with Crippen molar-refractivity contribution in [3.8, 4) is 11.5 Å². The van der Waals surface area contributed by atoms with Gasteiger partial charge in [-0.15, -0.1) is 0 Å². The molecule has 1 aliphatic rings. The van der Waals surface area contributed by atoms with Gasteiger partial charge in [-0.05, 0) is 6.07 Å². The van der Waals surface area contributed by atoms with Gasteiger partial charge in [-0.3, -0.25) is 0 Å². The molecule has 0 N–H and O–H groups in total. The second-order valence-corrected chi connectivity index (χ2v) is 4.25. The minimum atomic E-state index is -2.15. The number of fused-ring (bicyclic) bond motifs is 1. The molecule has 22 heavy (non-hydrogen) atoms. The van der Waals surface area contributed by atoms with Crippen molar-refractivity contribution in [2.45, 2.75) is 0 Å². The van der Waals surface area contributed by atoms with E-state index in [4.69, 9.17) is 0 Å². The van der Waals surface area contributed by atoms with E-state index in [9.17, 15) is 30.7 Å². The lowest BCUT2D eigenvalue weighted by molar-refractivity contribution is 0.388. The molecule has 1 heterocycles. The standard InChI is InChI=1S/C12H2BF7O2/c14-4-2-1-3(5(15)6(4)16)13-21-11-9(19)7(17)8(18)10(20)12(11)22-13/h1-2H. The fraction of sp³-hybridized carbons (Fsp3) is 0. The number of hydrogen-bond acceptors (Lipinski definition) is 2. The molecule has 0 saturated carbocycles. The molecule has 0 aliphatic carbocycles. The predicted molar refractivity (Wildman–Crippen MR) is 59.2 cm³/mol. The number of halogens is 7. The normalized spacial score (nSPS) is 13.0. The van der Waals surface area contributed by atoms with Crippen LogP contribution in [0.5, 0.6) is 11.5 Å². The molecule has 1 aliphatic heterocycles. The van der Waals surface area contributed by atoms with Crippen molar-refractivity contribution >= 4 is 12.6 Å². The molecular formula is C12H2BF7O2. The van der Waals surface area contributed by atoms with E-state index in [0.29, 0.717) is 12.1 Å². The first-order valence-corrected chi connectivity index (χ1v) is 5.65. The molecule has 0 fully saturated rings. The van der Waals surface area contributed by atoms with Gasteiger partial charge in [0.05, 0.1) is 5.46 Å². The van der Waals surface area contributed by atoms with Crippen LogP contribution in [0.4, 0.5) is 30.7 Å². The Kier molecular flexibility index (Phi) is 3.19. The van der Waals surface area contributed by atoms with E-state index < -0.39 is 64.8 Å². The largest absolute Gasteiger partial charge is 0.636 e. The molecule has 0 saturated heterocycles. The lowest BCUT2D eigenvalue weighted by Gasteiger charge is -2.06. The SMILES string of the molecule is Fc1ccc(B2Oc3c(F)c(F)c(F)c(F)c3O2)c(F)c1F. The Morgan fingerprint density at radius 1 is 0.591 bits per heavy atom. The molecule has 0 unspecified atom stereocenters. The summed E-state index contributed by atoms with van der Waals surface area (Å²) in [5, 5.41) is 0. The van der Waals surface area contributed by atoms with E-state index >= 15 is 0 Å². The summed E-state index contributed by atoms with van der Waals surface area (Å²) in [5.41, 5.74) is -0.741. The van der Waals surface area contributed by atoms with Gasteiger partial charge in [0, 0.05) is 0 Å². The molecular weight excluding hydrogens is 320 g/mol. The molecule has 0 spiro atoms. The molecule has 0 aromatic heterocycles. The van der Waals surface area contributed by atoms with Crippen LogP contribution in [-0.4, -0.2) is 7.12 Å². The Labute approximate surface area is 118 Å². The average molecular weight is 322 g/mol. The highest BCUT2D eigenvalue weighted by Crippen LogP contribution is 2.41. The second-order valence-electron chi connectivity index (χ2n) is 4.25. The van der Waals surface area contributed by atoms with Crippen molar-refractivity contribution in [3.05, 3.63) is 52.9 Å². The summed E-state index contributed by atoms with van der Waals surface area (Å²) in [6.07, 6.45) is 0. The van der Waals surface area contributed by atoms with Crippen LogP contribution in [0.2, 0.25) is 0 Å². The molecule has 10 heteroatoms. The Bertz CT molecular complexity index is 759. The molecule has 3 rings (SSSR count). The molecule has 0 atom stereocenters. The quantitative estimate of drug-likeness (QED) is 0.348. The zero-order valence-corrected chi connectivity index (χ0v) is 10.2. The maximum atomic E-state index is 13.6. The fourth-order valence-corrected chi connectivity index (χ4v) is 1.89. The van der Waals surface area contributed by atoms with E-state index in [1.807, 2.05) is 0 Å². The van der Waals surface area contributed by atoms with Gasteiger partial charge < -0.3 is 9.31 Å². The second kappa shape index (κ2) is 4.82. The van der Waals surface area contributed by atoms with Gasteiger partial charge in [0.15, 0.2) is 29.0 Å². The zero-order chi connectivity index (χ0) is 16.2. The number of hydrogen-bond donors (Lipinski definition) is 0. The minimum absolute atomic E-state index is 0.525. The van der Waals surface area contributed by atoms with Gasteiger partial charge >= 0.3 is 7.12 Å². The molecule has 2 aromatic carbocycles. The van der Waals surface area contributed by atoms with Crippen LogP contribution < -0.4 is 14.8 Å². The van der Waals surface area contributed by atoms with Crippen LogP contribution in [0.1, 0.15) is 0 Å². The van der Waals surface area contributed by atoms with Crippen molar-refractivity contribution in [1.29, 1.82) is 0 Å². The monoisotopic (exact) mass is 322 g/mol. The van der Waals surface area contributed by atoms with Crippen LogP contribution in [0.25, 0.3) is 0 Å². The number of benzene rings is 2. The maximum absolute atomic E-state index is 13.6. The summed E-state index contributed by atoms with van der Waals surface area (Å²) in [6.45, 7) is 0.